The minimum absolute atomic E-state index is 0.135. The molecule has 0 saturated heterocycles. The summed E-state index contributed by atoms with van der Waals surface area (Å²) in [6.45, 7) is 13.5. The summed E-state index contributed by atoms with van der Waals surface area (Å²) in [5.41, 5.74) is 1.76. The molecular weight excluding hydrogens is 352 g/mol. The molecular formula is C24H40O4. The van der Waals surface area contributed by atoms with Crippen LogP contribution in [0, 0.1) is 28.6 Å². The molecule has 0 N–H and O–H groups in total. The van der Waals surface area contributed by atoms with Gasteiger partial charge < -0.3 is 9.47 Å². The molecule has 0 aromatic rings. The number of carbonyl (C=O) groups is 2. The van der Waals surface area contributed by atoms with E-state index >= 15 is 0 Å². The average Bonchev–Trinajstić information content (AvgIpc) is 2.62. The number of hydrogen-bond acceptors (Lipinski definition) is 4. The summed E-state index contributed by atoms with van der Waals surface area (Å²) in [6.07, 6.45) is 10.4. The van der Waals surface area contributed by atoms with Gasteiger partial charge in [0.05, 0.1) is 6.61 Å². The molecule has 28 heavy (non-hydrogen) atoms. The van der Waals surface area contributed by atoms with Gasteiger partial charge in [0.2, 0.25) is 0 Å². The highest BCUT2D eigenvalue weighted by molar-refractivity contribution is 5.66. The predicted octanol–water partition coefficient (Wildman–Crippen LogP) is 5.70. The van der Waals surface area contributed by atoms with E-state index in [2.05, 4.69) is 33.8 Å². The van der Waals surface area contributed by atoms with Crippen LogP contribution in [-0.4, -0.2) is 25.2 Å². The van der Waals surface area contributed by atoms with Gasteiger partial charge in [-0.05, 0) is 72.7 Å². The molecule has 5 atom stereocenters. The van der Waals surface area contributed by atoms with Gasteiger partial charge in [0.25, 0.3) is 0 Å². The van der Waals surface area contributed by atoms with Gasteiger partial charge in [0.15, 0.2) is 0 Å². The number of carbonyl (C=O) groups excluding carboxylic acids is 2. The Balaban J connectivity index is 2.07. The lowest BCUT2D eigenvalue weighted by atomic mass is 9.46. The molecule has 0 spiro atoms. The average molecular weight is 393 g/mol. The number of hydrogen-bond donors (Lipinski definition) is 0. The van der Waals surface area contributed by atoms with E-state index in [1.54, 1.807) is 0 Å². The number of esters is 2. The predicted molar refractivity (Wildman–Crippen MR) is 112 cm³/mol. The molecule has 0 radical (unpaired) electrons. The van der Waals surface area contributed by atoms with E-state index in [4.69, 9.17) is 9.47 Å². The van der Waals surface area contributed by atoms with Crippen molar-refractivity contribution in [3.8, 4) is 0 Å². The Hall–Kier alpha value is -1.32. The molecule has 0 heterocycles. The molecule has 2 rings (SSSR count). The molecule has 160 valence electrons. The largest absolute Gasteiger partial charge is 0.466 e. The van der Waals surface area contributed by atoms with Crippen molar-refractivity contribution in [2.45, 2.75) is 86.5 Å². The van der Waals surface area contributed by atoms with Crippen molar-refractivity contribution in [2.24, 2.45) is 28.6 Å². The first kappa shape index (κ1) is 23.0. The van der Waals surface area contributed by atoms with E-state index in [1.807, 2.05) is 0 Å². The van der Waals surface area contributed by atoms with Crippen molar-refractivity contribution in [1.82, 2.24) is 0 Å². The Morgan fingerprint density at radius 3 is 2.46 bits per heavy atom. The number of fused-ring (bicyclic) bond motifs is 1. The SMILES string of the molecule is CC(=O)OCC[C@H](C)CC[C@@]1(C)[C@H](C)CC[C@]2(C)C(COC(C)=O)=CCC[C@H]12. The number of ether oxygens (including phenoxy) is 2. The fourth-order valence-electron chi connectivity index (χ4n) is 5.71. The first-order valence-electron chi connectivity index (χ1n) is 11.1. The third-order valence-electron chi connectivity index (χ3n) is 7.89. The van der Waals surface area contributed by atoms with E-state index in [0.717, 1.165) is 19.3 Å². The third-order valence-corrected chi connectivity index (χ3v) is 7.89. The van der Waals surface area contributed by atoms with Crippen LogP contribution >= 0.6 is 0 Å². The van der Waals surface area contributed by atoms with Gasteiger partial charge in [0, 0.05) is 13.8 Å². The maximum atomic E-state index is 11.4. The zero-order valence-electron chi connectivity index (χ0n) is 18.8. The topological polar surface area (TPSA) is 52.6 Å². The Morgan fingerprint density at radius 2 is 1.82 bits per heavy atom. The van der Waals surface area contributed by atoms with Crippen molar-refractivity contribution < 1.29 is 19.1 Å². The lowest BCUT2D eigenvalue weighted by Gasteiger charge is -2.58. The lowest BCUT2D eigenvalue weighted by Crippen LogP contribution is -2.50. The van der Waals surface area contributed by atoms with Crippen molar-refractivity contribution in [3.63, 3.8) is 0 Å². The third kappa shape index (κ3) is 5.18. The molecule has 0 unspecified atom stereocenters. The lowest BCUT2D eigenvalue weighted by molar-refractivity contribution is -0.142. The molecule has 0 aromatic heterocycles. The Kier molecular flexibility index (Phi) is 7.75. The van der Waals surface area contributed by atoms with E-state index in [-0.39, 0.29) is 17.4 Å². The Labute approximate surface area is 171 Å². The van der Waals surface area contributed by atoms with Crippen molar-refractivity contribution in [1.29, 1.82) is 0 Å². The molecule has 0 aromatic carbocycles. The van der Waals surface area contributed by atoms with Crippen LogP contribution in [0.25, 0.3) is 0 Å². The summed E-state index contributed by atoms with van der Waals surface area (Å²) in [7, 11) is 0. The first-order valence-corrected chi connectivity index (χ1v) is 11.1. The van der Waals surface area contributed by atoms with Gasteiger partial charge >= 0.3 is 11.9 Å². The van der Waals surface area contributed by atoms with Crippen LogP contribution in [0.2, 0.25) is 0 Å². The summed E-state index contributed by atoms with van der Waals surface area (Å²) in [5.74, 6) is 1.49. The molecule has 0 bridgehead atoms. The second-order valence-electron chi connectivity index (χ2n) is 9.78. The van der Waals surface area contributed by atoms with E-state index in [9.17, 15) is 9.59 Å². The van der Waals surface area contributed by atoms with Crippen molar-refractivity contribution in [3.05, 3.63) is 11.6 Å². The fourth-order valence-corrected chi connectivity index (χ4v) is 5.71. The molecule has 0 amide bonds. The van der Waals surface area contributed by atoms with Crippen LogP contribution in [0.4, 0.5) is 0 Å². The normalized spacial score (nSPS) is 33.4. The van der Waals surface area contributed by atoms with Gasteiger partial charge in [-0.3, -0.25) is 9.59 Å². The molecule has 4 heteroatoms. The molecule has 2 aliphatic carbocycles. The highest BCUT2D eigenvalue weighted by atomic mass is 16.5. The minimum Gasteiger partial charge on any atom is -0.466 e. The fraction of sp³-hybridized carbons (Fsp3) is 0.833. The van der Waals surface area contributed by atoms with Gasteiger partial charge in [-0.1, -0.05) is 40.2 Å². The first-order chi connectivity index (χ1) is 13.1. The second kappa shape index (κ2) is 9.45. The number of allylic oxidation sites excluding steroid dienone is 1. The second-order valence-corrected chi connectivity index (χ2v) is 9.78. The summed E-state index contributed by atoms with van der Waals surface area (Å²) >= 11 is 0. The molecule has 4 nitrogen and oxygen atoms in total. The maximum Gasteiger partial charge on any atom is 0.302 e. The van der Waals surface area contributed by atoms with Gasteiger partial charge in [-0.15, -0.1) is 0 Å². The standard InChI is InChI=1S/C24H40O4/c1-17(12-15-27-19(3)25)10-13-23(5)18(2)11-14-24(6)21(16-28-20(4)26)8-7-9-22(23)24/h8,17-18,22H,7,9-16H2,1-6H3/t17-,18-,22-,23+,24-/m1/s1. The van der Waals surface area contributed by atoms with Gasteiger partial charge in [-0.25, -0.2) is 0 Å². The van der Waals surface area contributed by atoms with E-state index in [0.29, 0.717) is 36.4 Å². The van der Waals surface area contributed by atoms with Gasteiger partial charge in [0.1, 0.15) is 6.61 Å². The van der Waals surface area contributed by atoms with E-state index in [1.165, 1.54) is 45.1 Å². The Bertz CT molecular complexity index is 595. The summed E-state index contributed by atoms with van der Waals surface area (Å²) < 4.78 is 10.5. The Morgan fingerprint density at radius 1 is 1.14 bits per heavy atom. The van der Waals surface area contributed by atoms with E-state index < -0.39 is 0 Å². The molecule has 2 aliphatic rings. The quantitative estimate of drug-likeness (QED) is 0.393. The minimum atomic E-state index is -0.194. The number of rotatable bonds is 8. The van der Waals surface area contributed by atoms with Crippen molar-refractivity contribution in [2.75, 3.05) is 13.2 Å². The van der Waals surface area contributed by atoms with Gasteiger partial charge in [-0.2, -0.15) is 0 Å². The van der Waals surface area contributed by atoms with Crippen LogP contribution in [0.1, 0.15) is 86.5 Å². The highest BCUT2D eigenvalue weighted by Gasteiger charge is 2.53. The highest BCUT2D eigenvalue weighted by Crippen LogP contribution is 2.62. The summed E-state index contributed by atoms with van der Waals surface area (Å²) in [5, 5.41) is 0. The smallest absolute Gasteiger partial charge is 0.302 e. The molecule has 1 fully saturated rings. The van der Waals surface area contributed by atoms with Crippen LogP contribution in [0.15, 0.2) is 11.6 Å². The van der Waals surface area contributed by atoms with Crippen molar-refractivity contribution >= 4 is 11.9 Å². The molecule has 0 aliphatic heterocycles. The monoisotopic (exact) mass is 392 g/mol. The van der Waals surface area contributed by atoms with Crippen LogP contribution in [0.3, 0.4) is 0 Å². The summed E-state index contributed by atoms with van der Waals surface area (Å²) in [4.78, 5) is 22.3. The van der Waals surface area contributed by atoms with Crippen LogP contribution < -0.4 is 0 Å². The molecule has 1 saturated carbocycles. The zero-order chi connectivity index (χ0) is 20.9. The maximum absolute atomic E-state index is 11.4. The zero-order valence-corrected chi connectivity index (χ0v) is 18.8. The van der Waals surface area contributed by atoms with Crippen LogP contribution in [-0.2, 0) is 19.1 Å². The van der Waals surface area contributed by atoms with Crippen LogP contribution in [0.5, 0.6) is 0 Å². The summed E-state index contributed by atoms with van der Waals surface area (Å²) in [6, 6.07) is 0.